The predicted molar refractivity (Wildman–Crippen MR) is 104 cm³/mol. The van der Waals surface area contributed by atoms with E-state index in [1.165, 1.54) is 5.56 Å². The molecule has 0 aliphatic carbocycles. The molecule has 2 aromatic rings. The highest BCUT2D eigenvalue weighted by Gasteiger charge is 2.12. The van der Waals surface area contributed by atoms with E-state index < -0.39 is 0 Å². The van der Waals surface area contributed by atoms with Crippen LogP contribution in [0.2, 0.25) is 0 Å². The number of fused-ring (bicyclic) bond motifs is 1. The Morgan fingerprint density at radius 2 is 2.00 bits per heavy atom. The highest BCUT2D eigenvalue weighted by Crippen LogP contribution is 2.32. The van der Waals surface area contributed by atoms with Gasteiger partial charge in [-0.25, -0.2) is 9.98 Å². The van der Waals surface area contributed by atoms with Crippen molar-refractivity contribution in [3.63, 3.8) is 0 Å². The van der Waals surface area contributed by atoms with Crippen LogP contribution in [0.4, 0.5) is 0 Å². The molecule has 1 aliphatic rings. The van der Waals surface area contributed by atoms with E-state index in [0.29, 0.717) is 25.8 Å². The molecule has 1 aliphatic heterocycles. The Labute approximate surface area is 159 Å². The minimum absolute atomic E-state index is 0.300. The lowest BCUT2D eigenvalue weighted by atomic mass is 10.1. The number of ether oxygens (including phenoxy) is 3. The smallest absolute Gasteiger partial charge is 0.231 e. The van der Waals surface area contributed by atoms with Gasteiger partial charge in [0.1, 0.15) is 0 Å². The molecule has 3 rings (SSSR count). The lowest BCUT2D eigenvalue weighted by molar-refractivity contribution is 0.174. The average molecular weight is 370 g/mol. The van der Waals surface area contributed by atoms with Gasteiger partial charge in [-0.2, -0.15) is 0 Å². The van der Waals surface area contributed by atoms with Gasteiger partial charge in [0.05, 0.1) is 13.2 Å². The molecule has 7 nitrogen and oxygen atoms in total. The molecule has 0 radical (unpaired) electrons. The molecule has 7 heteroatoms. The second kappa shape index (κ2) is 9.66. The van der Waals surface area contributed by atoms with Crippen LogP contribution in [0, 0.1) is 0 Å². The van der Waals surface area contributed by atoms with Gasteiger partial charge in [0.2, 0.25) is 12.7 Å². The first-order valence-electron chi connectivity index (χ1n) is 9.27. The fourth-order valence-electron chi connectivity index (χ4n) is 2.71. The van der Waals surface area contributed by atoms with Crippen LogP contribution in [0.3, 0.4) is 0 Å². The normalized spacial score (nSPS) is 12.7. The van der Waals surface area contributed by atoms with Gasteiger partial charge in [-0.1, -0.05) is 6.07 Å². The minimum Gasteiger partial charge on any atom is -0.478 e. The predicted octanol–water partition coefficient (Wildman–Crippen LogP) is 2.51. The molecule has 0 fully saturated rings. The quantitative estimate of drug-likeness (QED) is 0.549. The van der Waals surface area contributed by atoms with E-state index in [0.717, 1.165) is 42.5 Å². The molecule has 27 heavy (non-hydrogen) atoms. The number of rotatable bonds is 8. The highest BCUT2D eigenvalue weighted by molar-refractivity contribution is 5.79. The van der Waals surface area contributed by atoms with Crippen LogP contribution in [0.1, 0.15) is 25.0 Å². The van der Waals surface area contributed by atoms with Crippen molar-refractivity contribution in [2.45, 2.75) is 26.8 Å². The zero-order valence-electron chi connectivity index (χ0n) is 15.8. The number of nitrogens with one attached hydrogen (secondary N) is 2. The SMILES string of the molecule is CCNC(=NCc1ccnc(OCC)c1)NCCc1ccc2c(c1)OCO2. The number of pyridine rings is 1. The van der Waals surface area contributed by atoms with Crippen molar-refractivity contribution in [3.05, 3.63) is 47.7 Å². The van der Waals surface area contributed by atoms with Crippen molar-refractivity contribution >= 4 is 5.96 Å². The summed E-state index contributed by atoms with van der Waals surface area (Å²) in [6, 6.07) is 9.91. The molecule has 2 heterocycles. The average Bonchev–Trinajstić information content (AvgIpc) is 3.14. The summed E-state index contributed by atoms with van der Waals surface area (Å²) in [6.07, 6.45) is 2.61. The fraction of sp³-hybridized carbons (Fsp3) is 0.400. The van der Waals surface area contributed by atoms with Gasteiger partial charge in [0, 0.05) is 25.4 Å². The zero-order valence-corrected chi connectivity index (χ0v) is 15.8. The Kier molecular flexibility index (Phi) is 6.73. The second-order valence-corrected chi connectivity index (χ2v) is 5.99. The van der Waals surface area contributed by atoms with Crippen LogP contribution in [0.25, 0.3) is 0 Å². The number of hydrogen-bond donors (Lipinski definition) is 2. The van der Waals surface area contributed by atoms with Crippen molar-refractivity contribution in [1.29, 1.82) is 0 Å². The molecular formula is C20H26N4O3. The van der Waals surface area contributed by atoms with E-state index in [4.69, 9.17) is 14.2 Å². The lowest BCUT2D eigenvalue weighted by Crippen LogP contribution is -2.38. The number of hydrogen-bond acceptors (Lipinski definition) is 5. The third kappa shape index (κ3) is 5.51. The summed E-state index contributed by atoms with van der Waals surface area (Å²) < 4.78 is 16.2. The summed E-state index contributed by atoms with van der Waals surface area (Å²) in [4.78, 5) is 8.82. The fourth-order valence-corrected chi connectivity index (χ4v) is 2.71. The van der Waals surface area contributed by atoms with Gasteiger partial charge in [0.25, 0.3) is 0 Å². The summed E-state index contributed by atoms with van der Waals surface area (Å²) in [6.45, 7) is 7.02. The Bertz CT molecular complexity index is 780. The maximum absolute atomic E-state index is 5.44. The van der Waals surface area contributed by atoms with E-state index in [1.54, 1.807) is 6.20 Å². The van der Waals surface area contributed by atoms with Crippen molar-refractivity contribution in [3.8, 4) is 17.4 Å². The minimum atomic E-state index is 0.300. The molecule has 1 aromatic carbocycles. The van der Waals surface area contributed by atoms with Gasteiger partial charge < -0.3 is 24.8 Å². The van der Waals surface area contributed by atoms with Gasteiger partial charge in [-0.05, 0) is 49.6 Å². The number of benzene rings is 1. The Morgan fingerprint density at radius 1 is 1.11 bits per heavy atom. The first-order valence-corrected chi connectivity index (χ1v) is 9.27. The van der Waals surface area contributed by atoms with Crippen molar-refractivity contribution in [1.82, 2.24) is 15.6 Å². The van der Waals surface area contributed by atoms with Crippen LogP contribution < -0.4 is 24.8 Å². The molecule has 0 spiro atoms. The monoisotopic (exact) mass is 370 g/mol. The summed E-state index contributed by atoms with van der Waals surface area (Å²) in [5, 5.41) is 6.63. The summed E-state index contributed by atoms with van der Waals surface area (Å²) >= 11 is 0. The molecule has 0 atom stereocenters. The molecule has 0 bridgehead atoms. The number of guanidine groups is 1. The molecule has 0 saturated heterocycles. The van der Waals surface area contributed by atoms with E-state index in [2.05, 4.69) is 33.6 Å². The largest absolute Gasteiger partial charge is 0.478 e. The van der Waals surface area contributed by atoms with Gasteiger partial charge in [-0.3, -0.25) is 0 Å². The van der Waals surface area contributed by atoms with Crippen molar-refractivity contribution < 1.29 is 14.2 Å². The molecule has 1 aromatic heterocycles. The van der Waals surface area contributed by atoms with Gasteiger partial charge in [-0.15, -0.1) is 0 Å². The van der Waals surface area contributed by atoms with Crippen LogP contribution in [-0.2, 0) is 13.0 Å². The van der Waals surface area contributed by atoms with E-state index in [-0.39, 0.29) is 0 Å². The second-order valence-electron chi connectivity index (χ2n) is 5.99. The van der Waals surface area contributed by atoms with Crippen molar-refractivity contribution in [2.75, 3.05) is 26.5 Å². The van der Waals surface area contributed by atoms with Crippen LogP contribution in [-0.4, -0.2) is 37.4 Å². The van der Waals surface area contributed by atoms with Gasteiger partial charge >= 0.3 is 0 Å². The molecule has 0 unspecified atom stereocenters. The van der Waals surface area contributed by atoms with E-state index >= 15 is 0 Å². The van der Waals surface area contributed by atoms with Crippen molar-refractivity contribution in [2.24, 2.45) is 4.99 Å². The van der Waals surface area contributed by atoms with E-state index in [9.17, 15) is 0 Å². The van der Waals surface area contributed by atoms with Crippen LogP contribution in [0.5, 0.6) is 17.4 Å². The number of aromatic nitrogens is 1. The molecule has 144 valence electrons. The maximum atomic E-state index is 5.44. The van der Waals surface area contributed by atoms with Crippen LogP contribution >= 0.6 is 0 Å². The highest BCUT2D eigenvalue weighted by atomic mass is 16.7. The molecular weight excluding hydrogens is 344 g/mol. The van der Waals surface area contributed by atoms with E-state index in [1.807, 2.05) is 31.2 Å². The van der Waals surface area contributed by atoms with Gasteiger partial charge in [0.15, 0.2) is 17.5 Å². The molecule has 0 amide bonds. The Morgan fingerprint density at radius 3 is 2.85 bits per heavy atom. The number of aliphatic imine (C=N–C) groups is 1. The first kappa shape index (κ1) is 18.8. The lowest BCUT2D eigenvalue weighted by Gasteiger charge is -2.12. The topological polar surface area (TPSA) is 77.0 Å². The number of nitrogens with zero attached hydrogens (tertiary/aromatic N) is 2. The molecule has 0 saturated carbocycles. The summed E-state index contributed by atoms with van der Waals surface area (Å²) in [7, 11) is 0. The maximum Gasteiger partial charge on any atom is 0.231 e. The third-order valence-electron chi connectivity index (χ3n) is 4.00. The first-order chi connectivity index (χ1) is 13.3. The summed E-state index contributed by atoms with van der Waals surface area (Å²) in [5.74, 6) is 3.04. The zero-order chi connectivity index (χ0) is 18.9. The van der Waals surface area contributed by atoms with Crippen LogP contribution in [0.15, 0.2) is 41.5 Å². The summed E-state index contributed by atoms with van der Waals surface area (Å²) in [5.41, 5.74) is 2.25. The third-order valence-corrected chi connectivity index (χ3v) is 4.00. The Balaban J connectivity index is 1.53. The standard InChI is InChI=1S/C20H26N4O3/c1-3-21-20(24-13-16-8-9-22-19(12-16)25-4-2)23-10-7-15-5-6-17-18(11-15)27-14-26-17/h5-6,8-9,11-12H,3-4,7,10,13-14H2,1-2H3,(H2,21,23,24). The molecule has 2 N–H and O–H groups in total. The Hall–Kier alpha value is -2.96.